The molecule has 0 bridgehead atoms. The van der Waals surface area contributed by atoms with Crippen LogP contribution in [0.15, 0.2) is 17.1 Å². The number of methoxy groups -OCH3 is 2. The summed E-state index contributed by atoms with van der Waals surface area (Å²) in [6.07, 6.45) is 2.99. The maximum Gasteiger partial charge on any atom is 0.260 e. The van der Waals surface area contributed by atoms with E-state index in [9.17, 15) is 4.79 Å². The zero-order chi connectivity index (χ0) is 9.19. The molecule has 0 fully saturated rings. The Labute approximate surface area is 70.9 Å². The summed E-state index contributed by atoms with van der Waals surface area (Å²) >= 11 is 0. The third-order valence-corrected chi connectivity index (χ3v) is 1.68. The smallest absolute Gasteiger partial charge is 0.260 e. The molecule has 0 N–H and O–H groups in total. The van der Waals surface area contributed by atoms with Crippen molar-refractivity contribution >= 4 is 11.7 Å². The number of hydrogen-bond donors (Lipinski definition) is 0. The van der Waals surface area contributed by atoms with E-state index in [2.05, 4.69) is 4.99 Å². The molecule has 1 heterocycles. The molecule has 4 nitrogen and oxygen atoms in total. The van der Waals surface area contributed by atoms with Crippen molar-refractivity contribution in [2.75, 3.05) is 14.2 Å². The quantitative estimate of drug-likeness (QED) is 0.575. The predicted molar refractivity (Wildman–Crippen MR) is 44.0 cm³/mol. The number of aliphatic imine (C=N–C) groups is 1. The van der Waals surface area contributed by atoms with Crippen LogP contribution in [-0.2, 0) is 14.3 Å². The summed E-state index contributed by atoms with van der Waals surface area (Å²) in [5.74, 6) is -0.145. The highest BCUT2D eigenvalue weighted by molar-refractivity contribution is 6.41. The van der Waals surface area contributed by atoms with E-state index in [1.807, 2.05) is 0 Å². The molecular weight excluding hydrogens is 158 g/mol. The van der Waals surface area contributed by atoms with Crippen LogP contribution in [0, 0.1) is 0 Å². The molecule has 12 heavy (non-hydrogen) atoms. The largest absolute Gasteiger partial charge is 0.478 e. The average molecular weight is 169 g/mol. The molecule has 1 unspecified atom stereocenters. The number of carbonyl (C=O) groups is 1. The molecular formula is C8H11NO3. The Kier molecular flexibility index (Phi) is 2.28. The molecule has 0 amide bonds. The summed E-state index contributed by atoms with van der Waals surface area (Å²) in [5.41, 5.74) is -0.765. The lowest BCUT2D eigenvalue weighted by atomic mass is 10.1. The lowest BCUT2D eigenvalue weighted by Gasteiger charge is -2.22. The minimum Gasteiger partial charge on any atom is -0.478 e. The second kappa shape index (κ2) is 3.06. The second-order valence-electron chi connectivity index (χ2n) is 2.58. The Hall–Kier alpha value is -1.16. The summed E-state index contributed by atoms with van der Waals surface area (Å²) in [6, 6.07) is 0. The van der Waals surface area contributed by atoms with E-state index < -0.39 is 5.72 Å². The van der Waals surface area contributed by atoms with Gasteiger partial charge in [0, 0.05) is 7.11 Å². The van der Waals surface area contributed by atoms with Gasteiger partial charge in [0.2, 0.25) is 5.78 Å². The van der Waals surface area contributed by atoms with Crippen LogP contribution >= 0.6 is 0 Å². The third-order valence-electron chi connectivity index (χ3n) is 1.68. The summed E-state index contributed by atoms with van der Waals surface area (Å²) in [4.78, 5) is 15.0. The van der Waals surface area contributed by atoms with Crippen molar-refractivity contribution in [2.45, 2.75) is 12.6 Å². The van der Waals surface area contributed by atoms with Crippen molar-refractivity contribution in [3.63, 3.8) is 0 Å². The van der Waals surface area contributed by atoms with Crippen LogP contribution < -0.4 is 0 Å². The first-order chi connectivity index (χ1) is 5.61. The molecule has 4 heteroatoms. The number of carbonyl (C=O) groups excluding carboxylic acids is 1. The average Bonchev–Trinajstić information content (AvgIpc) is 2.10. The molecule has 0 aromatic rings. The SMILES string of the molecule is COC1=NC(C)(OC)C=CC1=O. The second-order valence-corrected chi connectivity index (χ2v) is 2.58. The maximum atomic E-state index is 11.0. The minimum atomic E-state index is -0.765. The van der Waals surface area contributed by atoms with Gasteiger partial charge in [0.05, 0.1) is 7.11 Å². The van der Waals surface area contributed by atoms with Crippen molar-refractivity contribution in [3.8, 4) is 0 Å². The lowest BCUT2D eigenvalue weighted by Crippen LogP contribution is -2.31. The molecule has 0 radical (unpaired) electrons. The van der Waals surface area contributed by atoms with Crippen LogP contribution in [0.25, 0.3) is 0 Å². The fourth-order valence-electron chi connectivity index (χ4n) is 0.856. The van der Waals surface area contributed by atoms with Crippen molar-refractivity contribution in [3.05, 3.63) is 12.2 Å². The minimum absolute atomic E-state index is 0.0850. The molecule has 1 aliphatic rings. The van der Waals surface area contributed by atoms with Gasteiger partial charge in [-0.25, -0.2) is 4.99 Å². The fraction of sp³-hybridized carbons (Fsp3) is 0.500. The first-order valence-corrected chi connectivity index (χ1v) is 3.54. The zero-order valence-corrected chi connectivity index (χ0v) is 7.33. The van der Waals surface area contributed by atoms with Gasteiger partial charge in [-0.15, -0.1) is 0 Å². The standard InChI is InChI=1S/C8H11NO3/c1-8(12-3)5-4-6(10)7(9-8)11-2/h4-5H,1-3H3. The van der Waals surface area contributed by atoms with Crippen LogP contribution in [0.4, 0.5) is 0 Å². The van der Waals surface area contributed by atoms with Crippen LogP contribution in [0.1, 0.15) is 6.92 Å². The Morgan fingerprint density at radius 1 is 1.50 bits per heavy atom. The molecule has 0 aromatic heterocycles. The lowest BCUT2D eigenvalue weighted by molar-refractivity contribution is -0.110. The highest BCUT2D eigenvalue weighted by Crippen LogP contribution is 2.17. The predicted octanol–water partition coefficient (Wildman–Crippen LogP) is 0.533. The Morgan fingerprint density at radius 3 is 2.67 bits per heavy atom. The van der Waals surface area contributed by atoms with Gasteiger partial charge in [0.25, 0.3) is 5.90 Å². The van der Waals surface area contributed by atoms with Crippen molar-refractivity contribution in [2.24, 2.45) is 4.99 Å². The van der Waals surface area contributed by atoms with E-state index in [-0.39, 0.29) is 11.7 Å². The van der Waals surface area contributed by atoms with Gasteiger partial charge in [-0.05, 0) is 19.1 Å². The van der Waals surface area contributed by atoms with Gasteiger partial charge in [0.15, 0.2) is 5.72 Å². The number of rotatable bonds is 1. The number of dihydropyridines is 1. The molecule has 1 atom stereocenters. The molecule has 0 aromatic carbocycles. The Morgan fingerprint density at radius 2 is 2.17 bits per heavy atom. The number of ether oxygens (including phenoxy) is 2. The van der Waals surface area contributed by atoms with Crippen LogP contribution in [0.3, 0.4) is 0 Å². The number of ketones is 1. The molecule has 1 aliphatic heterocycles. The van der Waals surface area contributed by atoms with E-state index in [1.165, 1.54) is 20.3 Å². The van der Waals surface area contributed by atoms with E-state index in [0.29, 0.717) is 0 Å². The molecule has 0 aliphatic carbocycles. The summed E-state index contributed by atoms with van der Waals surface area (Å²) in [6.45, 7) is 1.74. The van der Waals surface area contributed by atoms with Crippen molar-refractivity contribution < 1.29 is 14.3 Å². The van der Waals surface area contributed by atoms with Gasteiger partial charge in [-0.2, -0.15) is 0 Å². The van der Waals surface area contributed by atoms with Gasteiger partial charge in [-0.1, -0.05) is 0 Å². The highest BCUT2D eigenvalue weighted by atomic mass is 16.5. The Balaban J connectivity index is 2.93. The van der Waals surface area contributed by atoms with Crippen LogP contribution in [0.2, 0.25) is 0 Å². The molecule has 1 rings (SSSR count). The first-order valence-electron chi connectivity index (χ1n) is 3.54. The number of nitrogens with zero attached hydrogens (tertiary/aromatic N) is 1. The van der Waals surface area contributed by atoms with E-state index in [1.54, 1.807) is 13.0 Å². The fourth-order valence-corrected chi connectivity index (χ4v) is 0.856. The van der Waals surface area contributed by atoms with E-state index in [4.69, 9.17) is 9.47 Å². The Bertz CT molecular complexity index is 257. The summed E-state index contributed by atoms with van der Waals surface area (Å²) < 4.78 is 9.82. The topological polar surface area (TPSA) is 47.9 Å². The summed E-state index contributed by atoms with van der Waals surface area (Å²) in [7, 11) is 2.93. The van der Waals surface area contributed by atoms with E-state index >= 15 is 0 Å². The zero-order valence-electron chi connectivity index (χ0n) is 7.33. The van der Waals surface area contributed by atoms with Crippen molar-refractivity contribution in [1.82, 2.24) is 0 Å². The van der Waals surface area contributed by atoms with Crippen LogP contribution in [-0.4, -0.2) is 31.6 Å². The van der Waals surface area contributed by atoms with E-state index in [0.717, 1.165) is 0 Å². The number of hydrogen-bond acceptors (Lipinski definition) is 4. The maximum absolute atomic E-state index is 11.0. The summed E-state index contributed by atoms with van der Waals surface area (Å²) in [5, 5.41) is 0. The normalized spacial score (nSPS) is 28.6. The first kappa shape index (κ1) is 8.93. The molecule has 0 saturated heterocycles. The highest BCUT2D eigenvalue weighted by Gasteiger charge is 2.26. The van der Waals surface area contributed by atoms with Crippen LogP contribution in [0.5, 0.6) is 0 Å². The third kappa shape index (κ3) is 1.53. The molecule has 0 spiro atoms. The monoisotopic (exact) mass is 169 g/mol. The van der Waals surface area contributed by atoms with Gasteiger partial charge in [-0.3, -0.25) is 4.79 Å². The van der Waals surface area contributed by atoms with Gasteiger partial charge < -0.3 is 9.47 Å². The van der Waals surface area contributed by atoms with Crippen molar-refractivity contribution in [1.29, 1.82) is 0 Å². The molecule has 0 saturated carbocycles. The van der Waals surface area contributed by atoms with Gasteiger partial charge in [0.1, 0.15) is 0 Å². The van der Waals surface area contributed by atoms with Gasteiger partial charge >= 0.3 is 0 Å². The molecule has 66 valence electrons.